The van der Waals surface area contributed by atoms with Crippen LogP contribution < -0.4 is 5.32 Å². The lowest BCUT2D eigenvalue weighted by molar-refractivity contribution is 0.554. The number of oxazole rings is 1. The summed E-state index contributed by atoms with van der Waals surface area (Å²) in [7, 11) is 0. The van der Waals surface area contributed by atoms with E-state index < -0.39 is 0 Å². The molecule has 1 N–H and O–H groups in total. The second-order valence-electron chi connectivity index (χ2n) is 5.30. The largest absolute Gasteiger partial charge is 0.444 e. The fourth-order valence-electron chi connectivity index (χ4n) is 2.38. The highest BCUT2D eigenvalue weighted by Crippen LogP contribution is 2.25. The van der Waals surface area contributed by atoms with Gasteiger partial charge in [0, 0.05) is 18.8 Å². The molecule has 0 aliphatic rings. The van der Waals surface area contributed by atoms with E-state index in [0.29, 0.717) is 12.4 Å². The minimum atomic E-state index is 0.205. The lowest BCUT2D eigenvalue weighted by atomic mass is 10.1. The summed E-state index contributed by atoms with van der Waals surface area (Å²) in [5.74, 6) is 0.686. The first-order chi connectivity index (χ1) is 11.3. The Morgan fingerprint density at radius 2 is 2.22 bits per heavy atom. The quantitative estimate of drug-likeness (QED) is 0.563. The van der Waals surface area contributed by atoms with Gasteiger partial charge in [0.1, 0.15) is 6.26 Å². The molecular weight excluding hydrogens is 326 g/mol. The van der Waals surface area contributed by atoms with Crippen LogP contribution in [0.3, 0.4) is 0 Å². The molecule has 0 aliphatic carbocycles. The van der Waals surface area contributed by atoms with Crippen molar-refractivity contribution in [3.05, 3.63) is 58.7 Å². The molecule has 0 bridgehead atoms. The number of fused-ring (bicyclic) bond motifs is 1. The molecule has 0 fully saturated rings. The fourth-order valence-corrected chi connectivity index (χ4v) is 3.82. The highest BCUT2D eigenvalue weighted by molar-refractivity contribution is 7.17. The first kappa shape index (κ1) is 14.6. The van der Waals surface area contributed by atoms with Crippen LogP contribution in [-0.4, -0.2) is 9.97 Å². The molecule has 0 aliphatic heterocycles. The molecule has 0 saturated carbocycles. The number of nitrogens with zero attached hydrogens (tertiary/aromatic N) is 2. The van der Waals surface area contributed by atoms with Gasteiger partial charge in [0.05, 0.1) is 20.8 Å². The van der Waals surface area contributed by atoms with Crippen LogP contribution in [0.1, 0.15) is 24.2 Å². The summed E-state index contributed by atoms with van der Waals surface area (Å²) in [6.07, 6.45) is 3.65. The van der Waals surface area contributed by atoms with Crippen LogP contribution >= 0.6 is 22.7 Å². The summed E-state index contributed by atoms with van der Waals surface area (Å²) in [6, 6.07) is 8.46. The Bertz CT molecular complexity index is 911. The zero-order valence-electron chi connectivity index (χ0n) is 12.5. The molecule has 4 nitrogen and oxygen atoms in total. The van der Waals surface area contributed by atoms with Gasteiger partial charge in [-0.2, -0.15) is 0 Å². The second kappa shape index (κ2) is 6.23. The summed E-state index contributed by atoms with van der Waals surface area (Å²) >= 11 is 3.35. The summed E-state index contributed by atoms with van der Waals surface area (Å²) < 4.78 is 6.76. The summed E-state index contributed by atoms with van der Waals surface area (Å²) in [5.41, 5.74) is 3.15. The molecule has 1 unspecified atom stereocenters. The van der Waals surface area contributed by atoms with Gasteiger partial charge in [-0.3, -0.25) is 4.98 Å². The zero-order valence-corrected chi connectivity index (χ0v) is 14.2. The first-order valence-electron chi connectivity index (χ1n) is 7.34. The van der Waals surface area contributed by atoms with Crippen molar-refractivity contribution >= 4 is 32.9 Å². The summed E-state index contributed by atoms with van der Waals surface area (Å²) in [4.78, 5) is 10.1. The molecular formula is C17H15N3OS2. The third-order valence-corrected chi connectivity index (χ3v) is 5.41. The van der Waals surface area contributed by atoms with E-state index in [1.54, 1.807) is 28.9 Å². The molecule has 116 valence electrons. The molecule has 6 heteroatoms. The maximum Gasteiger partial charge on any atom is 0.236 e. The van der Waals surface area contributed by atoms with Crippen LogP contribution in [0.5, 0.6) is 0 Å². The first-order valence-corrected chi connectivity index (χ1v) is 9.10. The molecule has 0 aromatic carbocycles. The normalized spacial score (nSPS) is 12.7. The van der Waals surface area contributed by atoms with Crippen molar-refractivity contribution in [3.63, 3.8) is 0 Å². The van der Waals surface area contributed by atoms with Crippen LogP contribution in [0.15, 0.2) is 51.9 Å². The predicted octanol–water partition coefficient (Wildman–Crippen LogP) is 4.86. The molecule has 1 atom stereocenters. The van der Waals surface area contributed by atoms with Gasteiger partial charge < -0.3 is 9.73 Å². The van der Waals surface area contributed by atoms with Crippen molar-refractivity contribution in [1.82, 2.24) is 15.3 Å². The molecule has 0 radical (unpaired) electrons. The Labute approximate surface area is 141 Å². The van der Waals surface area contributed by atoms with E-state index in [9.17, 15) is 0 Å². The topological polar surface area (TPSA) is 51.0 Å². The van der Waals surface area contributed by atoms with E-state index in [4.69, 9.17) is 4.42 Å². The van der Waals surface area contributed by atoms with E-state index in [2.05, 4.69) is 33.7 Å². The van der Waals surface area contributed by atoms with Crippen LogP contribution in [0.2, 0.25) is 0 Å². The summed E-state index contributed by atoms with van der Waals surface area (Å²) in [6.45, 7) is 2.80. The van der Waals surface area contributed by atoms with Crippen molar-refractivity contribution in [2.75, 3.05) is 0 Å². The van der Waals surface area contributed by atoms with Crippen molar-refractivity contribution in [2.45, 2.75) is 19.5 Å². The monoisotopic (exact) mass is 341 g/mol. The number of aromatic nitrogens is 2. The lowest BCUT2D eigenvalue weighted by Gasteiger charge is -2.12. The second-order valence-corrected chi connectivity index (χ2v) is 7.19. The minimum Gasteiger partial charge on any atom is -0.444 e. The van der Waals surface area contributed by atoms with Gasteiger partial charge in [-0.1, -0.05) is 6.07 Å². The van der Waals surface area contributed by atoms with Crippen molar-refractivity contribution in [1.29, 1.82) is 0 Å². The predicted molar refractivity (Wildman–Crippen MR) is 94.7 cm³/mol. The summed E-state index contributed by atoms with van der Waals surface area (Å²) in [5, 5.41) is 7.57. The molecule has 0 spiro atoms. The number of hydrogen-bond donors (Lipinski definition) is 1. The lowest BCUT2D eigenvalue weighted by Crippen LogP contribution is -2.18. The van der Waals surface area contributed by atoms with E-state index in [1.807, 2.05) is 29.8 Å². The van der Waals surface area contributed by atoms with Crippen molar-refractivity contribution < 1.29 is 4.42 Å². The fraction of sp³-hybridized carbons (Fsp3) is 0.176. The van der Waals surface area contributed by atoms with Crippen LogP contribution in [0, 0.1) is 0 Å². The Kier molecular flexibility index (Phi) is 3.95. The van der Waals surface area contributed by atoms with Gasteiger partial charge in [0.25, 0.3) is 0 Å². The van der Waals surface area contributed by atoms with Gasteiger partial charge in [-0.25, -0.2) is 4.98 Å². The van der Waals surface area contributed by atoms with Gasteiger partial charge in [0.2, 0.25) is 5.89 Å². The van der Waals surface area contributed by atoms with Crippen LogP contribution in [0.4, 0.5) is 0 Å². The standard InChI is InChI=1S/C17H15N3OS2/c1-11(12-7-16-14(19-8-12)4-6-23-16)18-9-13-10-21-17(20-13)15-3-2-5-22-15/h2-8,10-11,18H,9H2,1H3. The minimum absolute atomic E-state index is 0.205. The Hall–Kier alpha value is -2.02. The van der Waals surface area contributed by atoms with E-state index in [-0.39, 0.29) is 6.04 Å². The zero-order chi connectivity index (χ0) is 15.6. The van der Waals surface area contributed by atoms with Crippen LogP contribution in [-0.2, 0) is 6.54 Å². The third kappa shape index (κ3) is 3.06. The maximum absolute atomic E-state index is 5.54. The maximum atomic E-state index is 5.54. The molecule has 23 heavy (non-hydrogen) atoms. The van der Waals surface area contributed by atoms with E-state index in [1.165, 1.54) is 10.3 Å². The van der Waals surface area contributed by atoms with E-state index in [0.717, 1.165) is 16.1 Å². The van der Waals surface area contributed by atoms with Crippen molar-refractivity contribution in [3.8, 4) is 10.8 Å². The Balaban J connectivity index is 1.44. The number of thiophene rings is 2. The number of rotatable bonds is 5. The Morgan fingerprint density at radius 1 is 1.26 bits per heavy atom. The van der Waals surface area contributed by atoms with Gasteiger partial charge in [-0.05, 0) is 41.4 Å². The molecule has 4 aromatic heterocycles. The number of hydrogen-bond acceptors (Lipinski definition) is 6. The smallest absolute Gasteiger partial charge is 0.236 e. The molecule has 4 heterocycles. The third-order valence-electron chi connectivity index (χ3n) is 3.70. The number of pyridine rings is 1. The van der Waals surface area contributed by atoms with Gasteiger partial charge in [-0.15, -0.1) is 22.7 Å². The molecule has 4 rings (SSSR count). The average molecular weight is 341 g/mol. The van der Waals surface area contributed by atoms with Gasteiger partial charge in [0.15, 0.2) is 0 Å². The average Bonchev–Trinajstić information content (AvgIpc) is 3.32. The Morgan fingerprint density at radius 3 is 3.09 bits per heavy atom. The highest BCUT2D eigenvalue weighted by atomic mass is 32.1. The SMILES string of the molecule is CC(NCc1coc(-c2cccs2)n1)c1cnc2ccsc2c1. The van der Waals surface area contributed by atoms with Crippen molar-refractivity contribution in [2.24, 2.45) is 0 Å². The van der Waals surface area contributed by atoms with E-state index >= 15 is 0 Å². The number of nitrogens with one attached hydrogen (secondary N) is 1. The van der Waals surface area contributed by atoms with Gasteiger partial charge >= 0.3 is 0 Å². The van der Waals surface area contributed by atoms with Crippen LogP contribution in [0.25, 0.3) is 21.0 Å². The molecule has 0 saturated heterocycles. The molecule has 0 amide bonds. The highest BCUT2D eigenvalue weighted by Gasteiger charge is 2.10. The molecule has 4 aromatic rings.